The molecule has 0 aliphatic carbocycles. The normalized spacial score (nSPS) is 31.9. The van der Waals surface area contributed by atoms with Gasteiger partial charge in [0.05, 0.1) is 13.0 Å². The molecule has 3 heteroatoms. The number of benzene rings is 1. The highest BCUT2D eigenvalue weighted by molar-refractivity contribution is 5.75. The number of fused-ring (bicyclic) bond motifs is 2. The van der Waals surface area contributed by atoms with E-state index < -0.39 is 0 Å². The summed E-state index contributed by atoms with van der Waals surface area (Å²) >= 11 is 0. The number of esters is 1. The molecule has 0 radical (unpaired) electrons. The molecule has 2 fully saturated rings. The lowest BCUT2D eigenvalue weighted by molar-refractivity contribution is -0.148. The summed E-state index contributed by atoms with van der Waals surface area (Å²) in [6.45, 7) is 3.78. The molecule has 2 saturated heterocycles. The van der Waals surface area contributed by atoms with E-state index in [4.69, 9.17) is 4.74 Å². The lowest BCUT2D eigenvalue weighted by atomic mass is 9.77. The van der Waals surface area contributed by atoms with Gasteiger partial charge in [-0.25, -0.2) is 0 Å². The van der Waals surface area contributed by atoms with Crippen LogP contribution in [0.2, 0.25) is 0 Å². The molecule has 4 atom stereocenters. The minimum Gasteiger partial charge on any atom is -0.469 e. The van der Waals surface area contributed by atoms with E-state index in [1.54, 1.807) is 0 Å². The molecule has 1 N–H and O–H groups in total. The van der Waals surface area contributed by atoms with Crippen molar-refractivity contribution in [3.05, 3.63) is 42.0 Å². The quantitative estimate of drug-likeness (QED) is 0.859. The lowest BCUT2D eigenvalue weighted by Crippen LogP contribution is -2.48. The molecule has 2 bridgehead atoms. The molecule has 0 amide bonds. The predicted molar refractivity (Wildman–Crippen MR) is 79.3 cm³/mol. The van der Waals surface area contributed by atoms with Crippen molar-refractivity contribution in [3.63, 3.8) is 0 Å². The molecule has 3 nitrogen and oxygen atoms in total. The summed E-state index contributed by atoms with van der Waals surface area (Å²) in [5, 5.41) is 3.56. The van der Waals surface area contributed by atoms with Gasteiger partial charge in [-0.1, -0.05) is 36.9 Å². The van der Waals surface area contributed by atoms with Gasteiger partial charge in [-0.3, -0.25) is 4.79 Å². The van der Waals surface area contributed by atoms with Gasteiger partial charge in [-0.15, -0.1) is 0 Å². The van der Waals surface area contributed by atoms with Gasteiger partial charge < -0.3 is 10.1 Å². The van der Waals surface area contributed by atoms with E-state index in [9.17, 15) is 4.79 Å². The predicted octanol–water partition coefficient (Wildman–Crippen LogP) is 2.73. The fourth-order valence-corrected chi connectivity index (χ4v) is 3.74. The van der Waals surface area contributed by atoms with Crippen LogP contribution >= 0.6 is 0 Å². The molecule has 2 aliphatic heterocycles. The summed E-state index contributed by atoms with van der Waals surface area (Å²) < 4.78 is 5.04. The maximum Gasteiger partial charge on any atom is 0.310 e. The van der Waals surface area contributed by atoms with Gasteiger partial charge in [0.15, 0.2) is 0 Å². The highest BCUT2D eigenvalue weighted by Crippen LogP contribution is 2.42. The Hall–Kier alpha value is -1.61. The standard InChI is InChI=1S/C17H21NO2/c1-3-11-4-6-12(7-5-11)14-10-13-8-9-15(18-13)16(14)17(19)20-2/h3-7,13-16,18H,1,8-10H2,2H3/t13?,14-,15?,16?/m1/s1. The van der Waals surface area contributed by atoms with Crippen molar-refractivity contribution in [2.24, 2.45) is 5.92 Å². The number of carbonyl (C=O) groups excluding carboxylic acids is 1. The highest BCUT2D eigenvalue weighted by Gasteiger charge is 2.46. The summed E-state index contributed by atoms with van der Waals surface area (Å²) in [6.07, 6.45) is 5.10. The minimum atomic E-state index is -0.0827. The molecule has 20 heavy (non-hydrogen) atoms. The number of rotatable bonds is 3. The van der Waals surface area contributed by atoms with Crippen molar-refractivity contribution < 1.29 is 9.53 Å². The van der Waals surface area contributed by atoms with Gasteiger partial charge in [0.2, 0.25) is 0 Å². The maximum atomic E-state index is 12.2. The van der Waals surface area contributed by atoms with Crippen LogP contribution in [0, 0.1) is 5.92 Å². The average molecular weight is 271 g/mol. The van der Waals surface area contributed by atoms with E-state index in [1.807, 2.05) is 6.08 Å². The van der Waals surface area contributed by atoms with Gasteiger partial charge in [0, 0.05) is 18.0 Å². The molecule has 2 heterocycles. The summed E-state index contributed by atoms with van der Waals surface area (Å²) in [5.41, 5.74) is 2.35. The fourth-order valence-electron chi connectivity index (χ4n) is 3.74. The van der Waals surface area contributed by atoms with Crippen LogP contribution < -0.4 is 5.32 Å². The van der Waals surface area contributed by atoms with E-state index in [0.717, 1.165) is 18.4 Å². The first-order chi connectivity index (χ1) is 9.72. The second kappa shape index (κ2) is 5.41. The Morgan fingerprint density at radius 1 is 1.35 bits per heavy atom. The highest BCUT2D eigenvalue weighted by atomic mass is 16.5. The smallest absolute Gasteiger partial charge is 0.310 e. The van der Waals surface area contributed by atoms with Gasteiger partial charge in [0.1, 0.15) is 0 Å². The van der Waals surface area contributed by atoms with Crippen molar-refractivity contribution in [2.45, 2.75) is 37.3 Å². The molecule has 0 saturated carbocycles. The van der Waals surface area contributed by atoms with E-state index in [2.05, 4.69) is 36.2 Å². The Kier molecular flexibility index (Phi) is 3.62. The second-order valence-electron chi connectivity index (χ2n) is 5.81. The van der Waals surface area contributed by atoms with Gasteiger partial charge in [-0.05, 0) is 30.4 Å². The molecule has 106 valence electrons. The van der Waals surface area contributed by atoms with Crippen molar-refractivity contribution in [1.29, 1.82) is 0 Å². The van der Waals surface area contributed by atoms with Crippen LogP contribution in [0.3, 0.4) is 0 Å². The van der Waals surface area contributed by atoms with Crippen LogP contribution in [0.4, 0.5) is 0 Å². The molecule has 0 aromatic heterocycles. The first-order valence-electron chi connectivity index (χ1n) is 7.29. The molecule has 3 unspecified atom stereocenters. The van der Waals surface area contributed by atoms with Crippen LogP contribution in [0.5, 0.6) is 0 Å². The molecule has 1 aromatic carbocycles. The third-order valence-corrected chi connectivity index (χ3v) is 4.76. The number of carbonyl (C=O) groups is 1. The zero-order valence-corrected chi connectivity index (χ0v) is 11.8. The van der Waals surface area contributed by atoms with E-state index in [0.29, 0.717) is 6.04 Å². The SMILES string of the molecule is C=Cc1ccc([C@H]2CC3CCC(N3)C2C(=O)OC)cc1. The third-order valence-electron chi connectivity index (χ3n) is 4.76. The summed E-state index contributed by atoms with van der Waals surface area (Å²) in [7, 11) is 1.49. The molecule has 3 rings (SSSR count). The van der Waals surface area contributed by atoms with Crippen LogP contribution in [-0.2, 0) is 9.53 Å². The molecule has 0 spiro atoms. The van der Waals surface area contributed by atoms with Gasteiger partial charge in [-0.2, -0.15) is 0 Å². The topological polar surface area (TPSA) is 38.3 Å². The van der Waals surface area contributed by atoms with Gasteiger partial charge >= 0.3 is 5.97 Å². The van der Waals surface area contributed by atoms with E-state index in [1.165, 1.54) is 19.1 Å². The first kappa shape index (κ1) is 13.4. The largest absolute Gasteiger partial charge is 0.469 e. The second-order valence-corrected chi connectivity index (χ2v) is 5.81. The summed E-state index contributed by atoms with van der Waals surface area (Å²) in [4.78, 5) is 12.2. The Morgan fingerprint density at radius 2 is 2.10 bits per heavy atom. The van der Waals surface area contributed by atoms with Crippen molar-refractivity contribution in [2.75, 3.05) is 7.11 Å². The van der Waals surface area contributed by atoms with E-state index >= 15 is 0 Å². The Labute approximate surface area is 120 Å². The molecule has 2 aliphatic rings. The molecule has 1 aromatic rings. The van der Waals surface area contributed by atoms with Gasteiger partial charge in [0.25, 0.3) is 0 Å². The first-order valence-corrected chi connectivity index (χ1v) is 7.29. The third kappa shape index (κ3) is 2.27. The fraction of sp³-hybridized carbons (Fsp3) is 0.471. The average Bonchev–Trinajstić information content (AvgIpc) is 2.88. The van der Waals surface area contributed by atoms with Crippen LogP contribution in [-0.4, -0.2) is 25.2 Å². The van der Waals surface area contributed by atoms with E-state index in [-0.39, 0.29) is 23.8 Å². The number of hydrogen-bond donors (Lipinski definition) is 1. The monoisotopic (exact) mass is 271 g/mol. The van der Waals surface area contributed by atoms with Crippen molar-refractivity contribution >= 4 is 12.0 Å². The lowest BCUT2D eigenvalue weighted by Gasteiger charge is -2.36. The Morgan fingerprint density at radius 3 is 2.75 bits per heavy atom. The van der Waals surface area contributed by atoms with Crippen LogP contribution in [0.1, 0.15) is 36.3 Å². The zero-order valence-electron chi connectivity index (χ0n) is 11.8. The number of ether oxygens (including phenoxy) is 1. The van der Waals surface area contributed by atoms with Crippen LogP contribution in [0.25, 0.3) is 6.08 Å². The summed E-state index contributed by atoms with van der Waals surface area (Å²) in [6, 6.07) is 9.21. The summed E-state index contributed by atoms with van der Waals surface area (Å²) in [5.74, 6) is 0.119. The van der Waals surface area contributed by atoms with Crippen molar-refractivity contribution in [1.82, 2.24) is 5.32 Å². The Balaban J connectivity index is 1.91. The number of hydrogen-bond acceptors (Lipinski definition) is 3. The molecular weight excluding hydrogens is 250 g/mol. The molecular formula is C17H21NO2. The maximum absolute atomic E-state index is 12.2. The zero-order chi connectivity index (χ0) is 14.1. The van der Waals surface area contributed by atoms with Crippen LogP contribution in [0.15, 0.2) is 30.8 Å². The number of methoxy groups -OCH3 is 1. The number of piperidine rings is 1. The van der Waals surface area contributed by atoms with Crippen molar-refractivity contribution in [3.8, 4) is 0 Å². The number of nitrogens with one attached hydrogen (secondary N) is 1. The minimum absolute atomic E-state index is 0.0617. The Bertz CT molecular complexity index is 508.